The van der Waals surface area contributed by atoms with Crippen molar-refractivity contribution in [3.8, 4) is 17.2 Å². The van der Waals surface area contributed by atoms with E-state index in [1.54, 1.807) is 45.2 Å². The van der Waals surface area contributed by atoms with Gasteiger partial charge in [-0.3, -0.25) is 4.79 Å². The molecule has 0 bridgehead atoms. The molecule has 1 aromatic carbocycles. The highest BCUT2D eigenvalue weighted by Crippen LogP contribution is 2.34. The van der Waals surface area contributed by atoms with Crippen molar-refractivity contribution < 1.29 is 19.0 Å². The Labute approximate surface area is 147 Å². The third-order valence-electron chi connectivity index (χ3n) is 3.21. The Hall–Kier alpha value is -1.31. The average Bonchev–Trinajstić information content (AvgIpc) is 2.56. The van der Waals surface area contributed by atoms with E-state index < -0.39 is 6.04 Å². The van der Waals surface area contributed by atoms with Crippen LogP contribution in [0.25, 0.3) is 0 Å². The molecule has 0 fully saturated rings. The minimum atomic E-state index is -0.501. The van der Waals surface area contributed by atoms with Crippen LogP contribution in [-0.2, 0) is 11.3 Å². The molecule has 3 N–H and O–H groups in total. The first kappa shape index (κ1) is 21.7. The van der Waals surface area contributed by atoms with Crippen molar-refractivity contribution in [1.82, 2.24) is 5.32 Å². The summed E-state index contributed by atoms with van der Waals surface area (Å²) in [6, 6.07) is 3.01. The van der Waals surface area contributed by atoms with Crippen molar-refractivity contribution >= 4 is 30.1 Å². The molecule has 1 rings (SSSR count). The minimum absolute atomic E-state index is 0. The molecule has 0 unspecified atom stereocenters. The number of hydrogen-bond donors (Lipinski definition) is 2. The van der Waals surface area contributed by atoms with Crippen LogP contribution in [0.5, 0.6) is 17.2 Å². The van der Waals surface area contributed by atoms with Crippen molar-refractivity contribution in [3.63, 3.8) is 0 Å². The molecule has 8 heteroatoms. The number of rotatable bonds is 9. The van der Waals surface area contributed by atoms with Gasteiger partial charge in [-0.05, 0) is 24.5 Å². The van der Waals surface area contributed by atoms with Crippen molar-refractivity contribution in [3.05, 3.63) is 17.7 Å². The SMILES string of the molecule is COc1cc(OC)c(OC)cc1CNC(=O)[C@@H](N)CCSC.Cl. The number of carbonyl (C=O) groups excluding carboxylic acids is 1. The minimum Gasteiger partial charge on any atom is -0.496 e. The van der Waals surface area contributed by atoms with Gasteiger partial charge in [0.1, 0.15) is 5.75 Å². The summed E-state index contributed by atoms with van der Waals surface area (Å²) in [7, 11) is 4.69. The largest absolute Gasteiger partial charge is 0.496 e. The number of amides is 1. The first-order valence-corrected chi connectivity index (χ1v) is 8.27. The van der Waals surface area contributed by atoms with E-state index in [1.807, 2.05) is 6.26 Å². The van der Waals surface area contributed by atoms with Gasteiger partial charge in [-0.15, -0.1) is 12.4 Å². The number of nitrogens with one attached hydrogen (secondary N) is 1. The number of methoxy groups -OCH3 is 3. The van der Waals surface area contributed by atoms with E-state index in [0.29, 0.717) is 30.2 Å². The van der Waals surface area contributed by atoms with Crippen LogP contribution in [0.1, 0.15) is 12.0 Å². The number of nitrogens with two attached hydrogens (primary N) is 1. The highest BCUT2D eigenvalue weighted by molar-refractivity contribution is 7.98. The van der Waals surface area contributed by atoms with Gasteiger partial charge in [-0.2, -0.15) is 11.8 Å². The Kier molecular flexibility index (Phi) is 10.6. The van der Waals surface area contributed by atoms with Crippen LogP contribution >= 0.6 is 24.2 Å². The lowest BCUT2D eigenvalue weighted by Gasteiger charge is -2.16. The van der Waals surface area contributed by atoms with E-state index in [-0.39, 0.29) is 18.3 Å². The molecule has 0 aliphatic rings. The molecule has 0 saturated heterocycles. The first-order chi connectivity index (χ1) is 10.6. The summed E-state index contributed by atoms with van der Waals surface area (Å²) in [5.41, 5.74) is 6.64. The Morgan fingerprint density at radius 1 is 1.17 bits per heavy atom. The average molecular weight is 365 g/mol. The lowest BCUT2D eigenvalue weighted by Crippen LogP contribution is -2.40. The van der Waals surface area contributed by atoms with Crippen LogP contribution in [0, 0.1) is 0 Å². The molecular formula is C15H25ClN2O4S. The standard InChI is InChI=1S/C15H24N2O4S.ClH/c1-19-12-8-14(21-3)13(20-2)7-10(12)9-17-15(18)11(16)5-6-22-4;/h7-8,11H,5-6,9,16H2,1-4H3,(H,17,18);1H/t11-;/m0./s1. The van der Waals surface area contributed by atoms with Gasteiger partial charge in [-0.25, -0.2) is 0 Å². The summed E-state index contributed by atoms with van der Waals surface area (Å²) in [6.07, 6.45) is 2.63. The maximum atomic E-state index is 12.0. The molecule has 1 aromatic rings. The predicted molar refractivity (Wildman–Crippen MR) is 96.2 cm³/mol. The summed E-state index contributed by atoms with van der Waals surface area (Å²) in [6.45, 7) is 0.315. The van der Waals surface area contributed by atoms with E-state index in [0.717, 1.165) is 11.3 Å². The molecule has 0 radical (unpaired) electrons. The molecule has 0 aliphatic carbocycles. The van der Waals surface area contributed by atoms with Crippen molar-refractivity contribution in [1.29, 1.82) is 0 Å². The fraction of sp³-hybridized carbons (Fsp3) is 0.533. The topological polar surface area (TPSA) is 82.8 Å². The summed E-state index contributed by atoms with van der Waals surface area (Å²) >= 11 is 1.67. The van der Waals surface area contributed by atoms with Crippen LogP contribution in [0.4, 0.5) is 0 Å². The smallest absolute Gasteiger partial charge is 0.237 e. The van der Waals surface area contributed by atoms with E-state index in [4.69, 9.17) is 19.9 Å². The van der Waals surface area contributed by atoms with Crippen molar-refractivity contribution in [2.75, 3.05) is 33.3 Å². The fourth-order valence-electron chi connectivity index (χ4n) is 1.92. The van der Waals surface area contributed by atoms with Gasteiger partial charge in [0.25, 0.3) is 0 Å². The predicted octanol–water partition coefficient (Wildman–Crippen LogP) is 1.83. The van der Waals surface area contributed by atoms with Gasteiger partial charge in [0.05, 0.1) is 27.4 Å². The van der Waals surface area contributed by atoms with Crippen LogP contribution in [0.3, 0.4) is 0 Å². The molecule has 0 aliphatic heterocycles. The van der Waals surface area contributed by atoms with Crippen molar-refractivity contribution in [2.24, 2.45) is 5.73 Å². The molecule has 23 heavy (non-hydrogen) atoms. The van der Waals surface area contributed by atoms with Gasteiger partial charge in [0.15, 0.2) is 11.5 Å². The van der Waals surface area contributed by atoms with Gasteiger partial charge in [-0.1, -0.05) is 0 Å². The summed E-state index contributed by atoms with van der Waals surface area (Å²) < 4.78 is 15.8. The maximum absolute atomic E-state index is 12.0. The number of halogens is 1. The Balaban J connectivity index is 0.00000484. The number of thioether (sulfide) groups is 1. The molecule has 0 saturated carbocycles. The van der Waals surface area contributed by atoms with Crippen molar-refractivity contribution in [2.45, 2.75) is 19.0 Å². The van der Waals surface area contributed by atoms with E-state index in [9.17, 15) is 4.79 Å². The fourth-order valence-corrected chi connectivity index (χ4v) is 2.41. The summed E-state index contributed by atoms with van der Waals surface area (Å²) in [5, 5.41) is 2.82. The van der Waals surface area contributed by atoms with E-state index in [1.165, 1.54) is 0 Å². The van der Waals surface area contributed by atoms with Gasteiger partial charge in [0.2, 0.25) is 5.91 Å². The van der Waals surface area contributed by atoms with Crippen LogP contribution in [0.15, 0.2) is 12.1 Å². The second-order valence-corrected chi connectivity index (χ2v) is 5.61. The lowest BCUT2D eigenvalue weighted by molar-refractivity contribution is -0.122. The number of hydrogen-bond acceptors (Lipinski definition) is 6. The molecule has 1 atom stereocenters. The molecule has 1 amide bonds. The normalized spacial score (nSPS) is 11.2. The molecule has 0 spiro atoms. The van der Waals surface area contributed by atoms with Gasteiger partial charge >= 0.3 is 0 Å². The first-order valence-electron chi connectivity index (χ1n) is 6.88. The monoisotopic (exact) mass is 364 g/mol. The maximum Gasteiger partial charge on any atom is 0.237 e. The number of benzene rings is 1. The zero-order valence-corrected chi connectivity index (χ0v) is 15.5. The third kappa shape index (κ3) is 6.37. The molecule has 132 valence electrons. The highest BCUT2D eigenvalue weighted by atomic mass is 35.5. The van der Waals surface area contributed by atoms with Crippen LogP contribution in [-0.4, -0.2) is 45.3 Å². The summed E-state index contributed by atoms with van der Waals surface area (Å²) in [4.78, 5) is 12.0. The Morgan fingerprint density at radius 2 is 1.74 bits per heavy atom. The van der Waals surface area contributed by atoms with Gasteiger partial charge in [0, 0.05) is 18.2 Å². The molecular weight excluding hydrogens is 340 g/mol. The van der Waals surface area contributed by atoms with Gasteiger partial charge < -0.3 is 25.3 Å². The second kappa shape index (κ2) is 11.3. The van der Waals surface area contributed by atoms with Crippen LogP contribution in [0.2, 0.25) is 0 Å². The molecule has 0 heterocycles. The van der Waals surface area contributed by atoms with E-state index >= 15 is 0 Å². The molecule has 6 nitrogen and oxygen atoms in total. The molecule has 0 aromatic heterocycles. The zero-order valence-electron chi connectivity index (χ0n) is 13.9. The Morgan fingerprint density at radius 3 is 2.26 bits per heavy atom. The zero-order chi connectivity index (χ0) is 16.5. The lowest BCUT2D eigenvalue weighted by atomic mass is 10.1. The Bertz CT molecular complexity index is 503. The third-order valence-corrected chi connectivity index (χ3v) is 3.85. The number of ether oxygens (including phenoxy) is 3. The highest BCUT2D eigenvalue weighted by Gasteiger charge is 2.15. The second-order valence-electron chi connectivity index (χ2n) is 4.62. The van der Waals surface area contributed by atoms with Crippen LogP contribution < -0.4 is 25.3 Å². The van der Waals surface area contributed by atoms with E-state index in [2.05, 4.69) is 5.32 Å². The quantitative estimate of drug-likeness (QED) is 0.695. The number of carbonyl (C=O) groups is 1. The summed E-state index contributed by atoms with van der Waals surface area (Å²) in [5.74, 6) is 2.46.